The molecule has 1 amide bonds. The van der Waals surface area contributed by atoms with Gasteiger partial charge in [0.05, 0.1) is 0 Å². The van der Waals surface area contributed by atoms with Crippen molar-refractivity contribution in [3.8, 4) is 0 Å². The number of aldehydes is 1. The van der Waals surface area contributed by atoms with E-state index in [9.17, 15) is 9.59 Å². The van der Waals surface area contributed by atoms with Crippen molar-refractivity contribution in [1.29, 1.82) is 0 Å². The van der Waals surface area contributed by atoms with Crippen LogP contribution in [0.3, 0.4) is 0 Å². The first kappa shape index (κ1) is 15.3. The lowest BCUT2D eigenvalue weighted by atomic mass is 9.88. The van der Waals surface area contributed by atoms with Crippen molar-refractivity contribution in [3.05, 3.63) is 34.9 Å². The highest BCUT2D eigenvalue weighted by atomic mass is 16.2. The molecule has 3 nitrogen and oxygen atoms in total. The lowest BCUT2D eigenvalue weighted by Crippen LogP contribution is -2.50. The van der Waals surface area contributed by atoms with E-state index < -0.39 is 0 Å². The molecular weight excluding hydrogens is 273 g/mol. The third-order valence-electron chi connectivity index (χ3n) is 5.12. The van der Waals surface area contributed by atoms with Crippen LogP contribution in [0.4, 0.5) is 0 Å². The molecule has 1 aliphatic heterocycles. The van der Waals surface area contributed by atoms with Gasteiger partial charge in [-0.2, -0.15) is 0 Å². The number of likely N-dealkylation sites (tertiary alicyclic amines) is 1. The molecule has 0 N–H and O–H groups in total. The Balaban J connectivity index is 1.59. The maximum atomic E-state index is 11.8. The molecule has 1 saturated heterocycles. The van der Waals surface area contributed by atoms with Gasteiger partial charge in [0.15, 0.2) is 0 Å². The Bertz CT molecular complexity index is 580. The van der Waals surface area contributed by atoms with E-state index in [1.165, 1.54) is 12.0 Å². The Hall–Kier alpha value is -1.58. The van der Waals surface area contributed by atoms with Crippen molar-refractivity contribution in [2.75, 3.05) is 13.1 Å². The van der Waals surface area contributed by atoms with E-state index in [-0.39, 0.29) is 5.91 Å². The summed E-state index contributed by atoms with van der Waals surface area (Å²) < 4.78 is 0. The number of nitrogens with zero attached hydrogens (tertiary/aromatic N) is 1. The zero-order chi connectivity index (χ0) is 15.7. The van der Waals surface area contributed by atoms with Crippen LogP contribution in [0.15, 0.2) is 18.2 Å². The fourth-order valence-electron chi connectivity index (χ4n) is 3.51. The van der Waals surface area contributed by atoms with Gasteiger partial charge in [-0.05, 0) is 41.9 Å². The van der Waals surface area contributed by atoms with Crippen LogP contribution in [-0.2, 0) is 11.2 Å². The number of benzene rings is 1. The number of amides is 1. The van der Waals surface area contributed by atoms with Crippen LogP contribution >= 0.6 is 0 Å². The normalized spacial score (nSPS) is 24.0. The number of hydrogen-bond acceptors (Lipinski definition) is 2. The molecule has 3 rings (SSSR count). The zero-order valence-electron chi connectivity index (χ0n) is 13.5. The largest absolute Gasteiger partial charge is 0.342 e. The van der Waals surface area contributed by atoms with Crippen molar-refractivity contribution < 1.29 is 9.59 Å². The topological polar surface area (TPSA) is 37.4 Å². The SMILES string of the molecule is BC1CC1c1ccc(CC2CN(C(=O)CCC)C2)c(C=O)c1. The van der Waals surface area contributed by atoms with Crippen molar-refractivity contribution in [1.82, 2.24) is 4.90 Å². The molecule has 1 aromatic carbocycles. The molecular formula is C18H24BNO2. The molecule has 2 aliphatic rings. The first-order valence-corrected chi connectivity index (χ1v) is 8.48. The van der Waals surface area contributed by atoms with Crippen LogP contribution < -0.4 is 0 Å². The first-order chi connectivity index (χ1) is 10.6. The lowest BCUT2D eigenvalue weighted by molar-refractivity contribution is -0.137. The Kier molecular flexibility index (Phi) is 4.37. The number of carbonyl (C=O) groups is 2. The fraction of sp³-hybridized carbons (Fsp3) is 0.556. The fourth-order valence-corrected chi connectivity index (χ4v) is 3.51. The van der Waals surface area contributed by atoms with Crippen LogP contribution in [-0.4, -0.2) is 38.0 Å². The molecule has 4 heteroatoms. The summed E-state index contributed by atoms with van der Waals surface area (Å²) in [6.07, 6.45) is 4.71. The molecule has 1 aliphatic carbocycles. The Morgan fingerprint density at radius 3 is 2.73 bits per heavy atom. The minimum absolute atomic E-state index is 0.271. The van der Waals surface area contributed by atoms with Gasteiger partial charge in [-0.15, -0.1) is 0 Å². The summed E-state index contributed by atoms with van der Waals surface area (Å²) in [6.45, 7) is 3.73. The average Bonchev–Trinajstić information content (AvgIpc) is 3.19. The maximum Gasteiger partial charge on any atom is 0.222 e. The van der Waals surface area contributed by atoms with E-state index in [0.717, 1.165) is 49.2 Å². The van der Waals surface area contributed by atoms with Crippen LogP contribution in [0.1, 0.15) is 53.6 Å². The third-order valence-corrected chi connectivity index (χ3v) is 5.12. The summed E-state index contributed by atoms with van der Waals surface area (Å²) in [5, 5.41) is 0. The average molecular weight is 297 g/mol. The highest BCUT2D eigenvalue weighted by molar-refractivity contribution is 6.14. The zero-order valence-corrected chi connectivity index (χ0v) is 13.5. The van der Waals surface area contributed by atoms with Gasteiger partial charge in [0.2, 0.25) is 5.91 Å². The molecule has 22 heavy (non-hydrogen) atoms. The summed E-state index contributed by atoms with van der Waals surface area (Å²) in [4.78, 5) is 25.1. The second kappa shape index (κ2) is 6.27. The van der Waals surface area contributed by atoms with E-state index in [1.807, 2.05) is 11.8 Å². The summed E-state index contributed by atoms with van der Waals surface area (Å²) in [5.41, 5.74) is 3.29. The lowest BCUT2D eigenvalue weighted by Gasteiger charge is -2.39. The Labute approximate surface area is 133 Å². The van der Waals surface area contributed by atoms with Gasteiger partial charge in [-0.1, -0.05) is 31.3 Å². The van der Waals surface area contributed by atoms with Crippen LogP contribution in [0.5, 0.6) is 0 Å². The molecule has 0 aromatic heterocycles. The minimum Gasteiger partial charge on any atom is -0.342 e. The van der Waals surface area contributed by atoms with Gasteiger partial charge in [0, 0.05) is 25.1 Å². The maximum absolute atomic E-state index is 11.8. The van der Waals surface area contributed by atoms with Gasteiger partial charge in [-0.25, -0.2) is 0 Å². The molecule has 2 fully saturated rings. The van der Waals surface area contributed by atoms with Crippen molar-refractivity contribution >= 4 is 20.0 Å². The van der Waals surface area contributed by atoms with Gasteiger partial charge < -0.3 is 4.90 Å². The molecule has 2 atom stereocenters. The van der Waals surface area contributed by atoms with Gasteiger partial charge in [0.1, 0.15) is 14.1 Å². The van der Waals surface area contributed by atoms with E-state index in [1.54, 1.807) is 0 Å². The predicted octanol–water partition coefficient (Wildman–Crippen LogP) is 2.21. The van der Waals surface area contributed by atoms with Crippen LogP contribution in [0.25, 0.3) is 0 Å². The Morgan fingerprint density at radius 1 is 1.41 bits per heavy atom. The van der Waals surface area contributed by atoms with Gasteiger partial charge in [-0.3, -0.25) is 9.59 Å². The molecule has 1 aromatic rings. The van der Waals surface area contributed by atoms with Crippen molar-refractivity contribution in [2.45, 2.75) is 44.3 Å². The second-order valence-corrected chi connectivity index (χ2v) is 7.01. The van der Waals surface area contributed by atoms with Crippen molar-refractivity contribution in [2.24, 2.45) is 5.92 Å². The molecule has 0 bridgehead atoms. The molecule has 1 saturated carbocycles. The molecule has 0 radical (unpaired) electrons. The summed E-state index contributed by atoms with van der Waals surface area (Å²) in [6, 6.07) is 6.39. The highest BCUT2D eigenvalue weighted by Gasteiger charge is 2.34. The molecule has 1 heterocycles. The second-order valence-electron chi connectivity index (χ2n) is 7.01. The number of hydrogen-bond donors (Lipinski definition) is 0. The predicted molar refractivity (Wildman–Crippen MR) is 90.2 cm³/mol. The first-order valence-electron chi connectivity index (χ1n) is 8.48. The molecule has 2 unspecified atom stereocenters. The summed E-state index contributed by atoms with van der Waals surface area (Å²) >= 11 is 0. The van der Waals surface area contributed by atoms with E-state index in [4.69, 9.17) is 0 Å². The van der Waals surface area contributed by atoms with Gasteiger partial charge in [0.25, 0.3) is 0 Å². The third kappa shape index (κ3) is 3.11. The summed E-state index contributed by atoms with van der Waals surface area (Å²) in [5.74, 6) is 2.19. The summed E-state index contributed by atoms with van der Waals surface area (Å²) in [7, 11) is 2.26. The van der Waals surface area contributed by atoms with Crippen LogP contribution in [0.2, 0.25) is 5.82 Å². The highest BCUT2D eigenvalue weighted by Crippen LogP contribution is 2.50. The van der Waals surface area contributed by atoms with E-state index >= 15 is 0 Å². The standard InChI is InChI=1S/C18H24BNO2/c1-2-3-18(22)20-9-12(10-20)6-13-4-5-14(7-15(13)11-21)16-8-17(16)19/h4-5,7,11-12,16-17H,2-3,6,8-10,19H2,1H3. The molecule has 116 valence electrons. The van der Waals surface area contributed by atoms with E-state index in [0.29, 0.717) is 18.3 Å². The number of carbonyl (C=O) groups excluding carboxylic acids is 2. The smallest absolute Gasteiger partial charge is 0.222 e. The minimum atomic E-state index is 0.271. The monoisotopic (exact) mass is 297 g/mol. The van der Waals surface area contributed by atoms with Crippen molar-refractivity contribution in [3.63, 3.8) is 0 Å². The molecule has 0 spiro atoms. The quantitative estimate of drug-likeness (QED) is 0.596. The number of rotatable bonds is 6. The van der Waals surface area contributed by atoms with Crippen LogP contribution in [0, 0.1) is 5.92 Å². The Morgan fingerprint density at radius 2 is 2.14 bits per heavy atom. The van der Waals surface area contributed by atoms with E-state index in [2.05, 4.69) is 26.0 Å². The van der Waals surface area contributed by atoms with Gasteiger partial charge >= 0.3 is 0 Å².